The Morgan fingerprint density at radius 1 is 1.05 bits per heavy atom. The summed E-state index contributed by atoms with van der Waals surface area (Å²) in [5.41, 5.74) is 1.65. The first-order valence-electron chi connectivity index (χ1n) is 5.72. The number of benzene rings is 2. The average Bonchev–Trinajstić information content (AvgIpc) is 2.45. The summed E-state index contributed by atoms with van der Waals surface area (Å²) in [6.07, 6.45) is 3.13. The summed E-state index contributed by atoms with van der Waals surface area (Å²) >= 11 is 2.22. The highest BCUT2D eigenvalue weighted by atomic mass is 127. The van der Waals surface area contributed by atoms with Crippen LogP contribution >= 0.6 is 22.6 Å². The summed E-state index contributed by atoms with van der Waals surface area (Å²) in [7, 11) is 0. The highest BCUT2D eigenvalue weighted by Gasteiger charge is 2.03. The van der Waals surface area contributed by atoms with Gasteiger partial charge in [-0.3, -0.25) is 10.1 Å². The zero-order chi connectivity index (χ0) is 14.4. The third-order valence-corrected chi connectivity index (χ3v) is 3.44. The molecule has 0 saturated carbocycles. The smallest absolute Gasteiger partial charge is 0.258 e. The van der Waals surface area contributed by atoms with Crippen molar-refractivity contribution in [3.8, 4) is 0 Å². The molecule has 0 bridgehead atoms. The van der Waals surface area contributed by atoms with Gasteiger partial charge in [0, 0.05) is 26.8 Å². The molecule has 2 aromatic rings. The second kappa shape index (κ2) is 6.90. The number of rotatable bonds is 4. The van der Waals surface area contributed by atoms with E-state index in [-0.39, 0.29) is 5.69 Å². The largest absolute Gasteiger partial charge is 0.270 e. The van der Waals surface area contributed by atoms with E-state index in [0.29, 0.717) is 5.56 Å². The standard InChI is InChI=1S/C14H10IN3O2/c15-14-7-2-1-5-12(14)10-17-16-9-11-4-3-6-13(8-11)18(19)20/h1-10H/b16-9+,17-10+. The summed E-state index contributed by atoms with van der Waals surface area (Å²) in [6.45, 7) is 0. The maximum absolute atomic E-state index is 10.6. The molecule has 0 saturated heterocycles. The first kappa shape index (κ1) is 14.3. The number of hydrogen-bond donors (Lipinski definition) is 0. The van der Waals surface area contributed by atoms with E-state index in [1.807, 2.05) is 24.3 Å². The fraction of sp³-hybridized carbons (Fsp3) is 0. The molecule has 2 rings (SSSR count). The zero-order valence-electron chi connectivity index (χ0n) is 10.3. The first-order valence-corrected chi connectivity index (χ1v) is 6.80. The van der Waals surface area contributed by atoms with E-state index in [0.717, 1.165) is 9.13 Å². The van der Waals surface area contributed by atoms with Crippen molar-refractivity contribution in [3.05, 3.63) is 73.3 Å². The molecule has 0 radical (unpaired) electrons. The minimum absolute atomic E-state index is 0.0375. The second-order valence-corrected chi connectivity index (χ2v) is 5.02. The maximum atomic E-state index is 10.6. The van der Waals surface area contributed by atoms with Crippen LogP contribution in [0.1, 0.15) is 11.1 Å². The average molecular weight is 379 g/mol. The van der Waals surface area contributed by atoms with E-state index >= 15 is 0 Å². The monoisotopic (exact) mass is 379 g/mol. The number of halogens is 1. The summed E-state index contributed by atoms with van der Waals surface area (Å²) in [5, 5.41) is 18.5. The Kier molecular flexibility index (Phi) is 4.94. The molecule has 0 aliphatic heterocycles. The van der Waals surface area contributed by atoms with Crippen molar-refractivity contribution in [1.82, 2.24) is 0 Å². The third-order valence-electron chi connectivity index (χ3n) is 2.46. The quantitative estimate of drug-likeness (QED) is 0.352. The Labute approximate surface area is 129 Å². The van der Waals surface area contributed by atoms with Gasteiger partial charge in [-0.15, -0.1) is 0 Å². The Balaban J connectivity index is 2.09. The van der Waals surface area contributed by atoms with Crippen molar-refractivity contribution in [2.24, 2.45) is 10.2 Å². The lowest BCUT2D eigenvalue weighted by Gasteiger charge is -1.94. The number of hydrogen-bond acceptors (Lipinski definition) is 4. The van der Waals surface area contributed by atoms with Crippen LogP contribution in [0.3, 0.4) is 0 Å². The van der Waals surface area contributed by atoms with Crippen LogP contribution in [0.25, 0.3) is 0 Å². The van der Waals surface area contributed by atoms with Gasteiger partial charge in [-0.2, -0.15) is 10.2 Å². The lowest BCUT2D eigenvalue weighted by Crippen LogP contribution is -1.89. The third kappa shape index (κ3) is 3.95. The fourth-order valence-corrected chi connectivity index (χ4v) is 2.02. The van der Waals surface area contributed by atoms with Crippen LogP contribution in [0.5, 0.6) is 0 Å². The van der Waals surface area contributed by atoms with E-state index in [2.05, 4.69) is 32.8 Å². The van der Waals surface area contributed by atoms with Gasteiger partial charge in [0.15, 0.2) is 0 Å². The van der Waals surface area contributed by atoms with Crippen LogP contribution in [0.15, 0.2) is 58.7 Å². The lowest BCUT2D eigenvalue weighted by atomic mass is 10.2. The number of nitro groups is 1. The van der Waals surface area contributed by atoms with Crippen LogP contribution < -0.4 is 0 Å². The summed E-state index contributed by atoms with van der Waals surface area (Å²) in [4.78, 5) is 10.2. The Bertz CT molecular complexity index is 684. The van der Waals surface area contributed by atoms with Crippen molar-refractivity contribution in [3.63, 3.8) is 0 Å². The van der Waals surface area contributed by atoms with Crippen LogP contribution in [0, 0.1) is 13.7 Å². The van der Waals surface area contributed by atoms with E-state index in [4.69, 9.17) is 0 Å². The molecular formula is C14H10IN3O2. The van der Waals surface area contributed by atoms with E-state index in [1.165, 1.54) is 18.3 Å². The zero-order valence-corrected chi connectivity index (χ0v) is 12.5. The van der Waals surface area contributed by atoms with Gasteiger partial charge < -0.3 is 0 Å². The molecule has 100 valence electrons. The van der Waals surface area contributed by atoms with E-state index in [9.17, 15) is 10.1 Å². The van der Waals surface area contributed by atoms with Crippen molar-refractivity contribution in [1.29, 1.82) is 0 Å². The van der Waals surface area contributed by atoms with Crippen LogP contribution in [-0.2, 0) is 0 Å². The maximum Gasteiger partial charge on any atom is 0.270 e. The molecule has 0 spiro atoms. The molecule has 0 amide bonds. The Hall–Kier alpha value is -2.09. The summed E-state index contributed by atoms with van der Waals surface area (Å²) in [5.74, 6) is 0. The predicted octanol–water partition coefficient (Wildman–Crippen LogP) is 3.65. The van der Waals surface area contributed by atoms with E-state index in [1.54, 1.807) is 18.3 Å². The SMILES string of the molecule is O=[N+]([O-])c1cccc(/C=N/N=C/c2ccccc2I)c1. The summed E-state index contributed by atoms with van der Waals surface area (Å²) in [6, 6.07) is 14.0. The molecule has 5 nitrogen and oxygen atoms in total. The van der Waals surface area contributed by atoms with Crippen LogP contribution in [0.4, 0.5) is 5.69 Å². The van der Waals surface area contributed by atoms with Crippen molar-refractivity contribution < 1.29 is 4.92 Å². The van der Waals surface area contributed by atoms with Gasteiger partial charge >= 0.3 is 0 Å². The van der Waals surface area contributed by atoms with Crippen molar-refractivity contribution in [2.75, 3.05) is 0 Å². The number of non-ortho nitro benzene ring substituents is 1. The molecular weight excluding hydrogens is 369 g/mol. The minimum Gasteiger partial charge on any atom is -0.258 e. The molecule has 0 unspecified atom stereocenters. The van der Waals surface area contributed by atoms with E-state index < -0.39 is 4.92 Å². The van der Waals surface area contributed by atoms with Crippen LogP contribution in [0.2, 0.25) is 0 Å². The number of nitro benzene ring substituents is 1. The highest BCUT2D eigenvalue weighted by molar-refractivity contribution is 14.1. The normalized spacial score (nSPS) is 11.2. The van der Waals surface area contributed by atoms with Gasteiger partial charge in [0.2, 0.25) is 0 Å². The van der Waals surface area contributed by atoms with Gasteiger partial charge in [-0.05, 0) is 28.7 Å². The fourth-order valence-electron chi connectivity index (χ4n) is 1.49. The molecule has 0 N–H and O–H groups in total. The summed E-state index contributed by atoms with van der Waals surface area (Å²) < 4.78 is 1.08. The molecule has 0 fully saturated rings. The van der Waals surface area contributed by atoms with Gasteiger partial charge in [-0.25, -0.2) is 0 Å². The van der Waals surface area contributed by atoms with Gasteiger partial charge in [0.25, 0.3) is 5.69 Å². The lowest BCUT2D eigenvalue weighted by molar-refractivity contribution is -0.384. The Morgan fingerprint density at radius 3 is 2.55 bits per heavy atom. The molecule has 20 heavy (non-hydrogen) atoms. The predicted molar refractivity (Wildman–Crippen MR) is 87.4 cm³/mol. The topological polar surface area (TPSA) is 67.9 Å². The van der Waals surface area contributed by atoms with Gasteiger partial charge in [0.1, 0.15) is 0 Å². The first-order chi connectivity index (χ1) is 9.66. The molecule has 2 aromatic carbocycles. The molecule has 0 aliphatic carbocycles. The number of nitrogens with zero attached hydrogens (tertiary/aromatic N) is 3. The second-order valence-electron chi connectivity index (χ2n) is 3.86. The van der Waals surface area contributed by atoms with Crippen molar-refractivity contribution in [2.45, 2.75) is 0 Å². The molecule has 0 atom stereocenters. The van der Waals surface area contributed by atoms with Gasteiger partial charge in [-0.1, -0.05) is 30.3 Å². The molecule has 6 heteroatoms. The molecule has 0 heterocycles. The Morgan fingerprint density at radius 2 is 1.80 bits per heavy atom. The minimum atomic E-state index is -0.438. The molecule has 0 aliphatic rings. The molecule has 0 aromatic heterocycles. The highest BCUT2D eigenvalue weighted by Crippen LogP contribution is 2.12. The van der Waals surface area contributed by atoms with Crippen molar-refractivity contribution >= 4 is 40.7 Å². The van der Waals surface area contributed by atoms with Crippen LogP contribution in [-0.4, -0.2) is 17.4 Å². The van der Waals surface area contributed by atoms with Gasteiger partial charge in [0.05, 0.1) is 17.4 Å².